The summed E-state index contributed by atoms with van der Waals surface area (Å²) in [6.07, 6.45) is 3.86. The molecule has 0 saturated heterocycles. The number of esters is 1. The molecule has 0 heterocycles. The molecule has 1 saturated carbocycles. The van der Waals surface area contributed by atoms with E-state index in [4.69, 9.17) is 9.47 Å². The van der Waals surface area contributed by atoms with Crippen molar-refractivity contribution in [3.63, 3.8) is 0 Å². The molecular weight excluding hydrogens is 390 g/mol. The third-order valence-corrected chi connectivity index (χ3v) is 4.68. The van der Waals surface area contributed by atoms with E-state index in [0.717, 1.165) is 32.1 Å². The van der Waals surface area contributed by atoms with Crippen molar-refractivity contribution in [2.45, 2.75) is 58.1 Å². The lowest BCUT2D eigenvalue weighted by molar-refractivity contribution is -0.153. The van der Waals surface area contributed by atoms with Crippen molar-refractivity contribution < 1.29 is 28.7 Å². The summed E-state index contributed by atoms with van der Waals surface area (Å²) in [6, 6.07) is 5.92. The molecule has 9 heteroatoms. The van der Waals surface area contributed by atoms with Crippen molar-refractivity contribution in [3.8, 4) is 5.75 Å². The first-order chi connectivity index (χ1) is 14.4. The van der Waals surface area contributed by atoms with E-state index in [1.807, 2.05) is 6.92 Å². The number of urea groups is 1. The van der Waals surface area contributed by atoms with E-state index in [1.165, 1.54) is 6.92 Å². The molecule has 1 fully saturated rings. The minimum Gasteiger partial charge on any atom is -0.494 e. The summed E-state index contributed by atoms with van der Waals surface area (Å²) in [7, 11) is 0. The largest absolute Gasteiger partial charge is 0.494 e. The minimum absolute atomic E-state index is 0.0576. The fourth-order valence-corrected chi connectivity index (χ4v) is 3.10. The number of imide groups is 1. The number of nitrogens with one attached hydrogen (secondary N) is 3. The maximum atomic E-state index is 12.1. The molecule has 1 aromatic carbocycles. The molecule has 0 spiro atoms. The van der Waals surface area contributed by atoms with Gasteiger partial charge in [0.15, 0.2) is 6.10 Å². The lowest BCUT2D eigenvalue weighted by Crippen LogP contribution is -2.48. The third-order valence-electron chi connectivity index (χ3n) is 4.68. The molecule has 0 aliphatic heterocycles. The van der Waals surface area contributed by atoms with Crippen LogP contribution in [0.1, 0.15) is 56.3 Å². The van der Waals surface area contributed by atoms with Gasteiger partial charge in [0.2, 0.25) is 0 Å². The highest BCUT2D eigenvalue weighted by Gasteiger charge is 2.22. The van der Waals surface area contributed by atoms with Crippen LogP contribution in [0.5, 0.6) is 5.75 Å². The smallest absolute Gasteiger partial charge is 0.326 e. The highest BCUT2D eigenvalue weighted by atomic mass is 16.5. The zero-order chi connectivity index (χ0) is 21.9. The molecule has 3 N–H and O–H groups in total. The molecule has 0 radical (unpaired) electrons. The number of carbonyl (C=O) groups excluding carboxylic acids is 4. The van der Waals surface area contributed by atoms with E-state index in [1.54, 1.807) is 24.3 Å². The quantitative estimate of drug-likeness (QED) is 0.553. The van der Waals surface area contributed by atoms with E-state index < -0.39 is 36.5 Å². The van der Waals surface area contributed by atoms with Crippen LogP contribution in [0, 0.1) is 0 Å². The van der Waals surface area contributed by atoms with Gasteiger partial charge in [0.25, 0.3) is 11.8 Å². The van der Waals surface area contributed by atoms with Crippen molar-refractivity contribution in [2.75, 3.05) is 13.2 Å². The highest BCUT2D eigenvalue weighted by Crippen LogP contribution is 2.17. The Bertz CT molecular complexity index is 744. The van der Waals surface area contributed by atoms with Gasteiger partial charge >= 0.3 is 12.0 Å². The summed E-state index contributed by atoms with van der Waals surface area (Å²) in [5.41, 5.74) is 0.358. The first kappa shape index (κ1) is 23.2. The van der Waals surface area contributed by atoms with Crippen molar-refractivity contribution in [1.29, 1.82) is 0 Å². The van der Waals surface area contributed by atoms with Crippen LogP contribution in [0.25, 0.3) is 0 Å². The molecule has 1 atom stereocenters. The average molecular weight is 419 g/mol. The van der Waals surface area contributed by atoms with E-state index in [9.17, 15) is 19.2 Å². The van der Waals surface area contributed by atoms with Crippen LogP contribution in [-0.4, -0.2) is 49.1 Å². The van der Waals surface area contributed by atoms with Crippen LogP contribution < -0.4 is 20.7 Å². The van der Waals surface area contributed by atoms with Gasteiger partial charge in [-0.05, 0) is 51.0 Å². The first-order valence-electron chi connectivity index (χ1n) is 10.2. The molecule has 9 nitrogen and oxygen atoms in total. The average Bonchev–Trinajstić information content (AvgIpc) is 2.73. The lowest BCUT2D eigenvalue weighted by Gasteiger charge is -2.23. The summed E-state index contributed by atoms with van der Waals surface area (Å²) >= 11 is 0. The summed E-state index contributed by atoms with van der Waals surface area (Å²) < 4.78 is 10.3. The maximum Gasteiger partial charge on any atom is 0.326 e. The van der Waals surface area contributed by atoms with Crippen molar-refractivity contribution >= 4 is 23.8 Å². The number of rotatable bonds is 8. The van der Waals surface area contributed by atoms with E-state index in [2.05, 4.69) is 16.0 Å². The molecule has 1 aliphatic carbocycles. The molecule has 2 rings (SSSR count). The van der Waals surface area contributed by atoms with Crippen LogP contribution in [0.15, 0.2) is 24.3 Å². The second kappa shape index (κ2) is 11.8. The number of amides is 4. The number of hydrogen-bond donors (Lipinski definition) is 3. The van der Waals surface area contributed by atoms with Crippen molar-refractivity contribution in [1.82, 2.24) is 16.0 Å². The van der Waals surface area contributed by atoms with Crippen LogP contribution in [0.4, 0.5) is 4.79 Å². The molecule has 0 aromatic heterocycles. The van der Waals surface area contributed by atoms with Crippen LogP contribution >= 0.6 is 0 Å². The van der Waals surface area contributed by atoms with Gasteiger partial charge in [-0.3, -0.25) is 19.7 Å². The van der Waals surface area contributed by atoms with Crippen LogP contribution in [-0.2, 0) is 14.3 Å². The molecule has 1 aliphatic rings. The van der Waals surface area contributed by atoms with Gasteiger partial charge in [0.05, 0.1) is 6.61 Å². The van der Waals surface area contributed by atoms with Crippen LogP contribution in [0.2, 0.25) is 0 Å². The SMILES string of the molecule is CCOc1ccc(C(=O)NCC(=O)OC(C)C(=O)NC(=O)NC2CCCCC2)cc1. The number of ether oxygens (including phenoxy) is 2. The lowest BCUT2D eigenvalue weighted by atomic mass is 9.96. The molecule has 1 aromatic rings. The van der Waals surface area contributed by atoms with E-state index >= 15 is 0 Å². The standard InChI is InChI=1S/C21H29N3O6/c1-3-29-17-11-9-15(10-12-17)20(27)22-13-18(25)30-14(2)19(26)24-21(28)23-16-7-5-4-6-8-16/h9-12,14,16H,3-8,13H2,1-2H3,(H,22,27)(H2,23,24,26,28). The molecule has 164 valence electrons. The zero-order valence-corrected chi connectivity index (χ0v) is 17.4. The molecule has 30 heavy (non-hydrogen) atoms. The third kappa shape index (κ3) is 7.73. The minimum atomic E-state index is -1.17. The fourth-order valence-electron chi connectivity index (χ4n) is 3.10. The number of hydrogen-bond acceptors (Lipinski definition) is 6. The van der Waals surface area contributed by atoms with Gasteiger partial charge in [-0.1, -0.05) is 19.3 Å². The second-order valence-electron chi connectivity index (χ2n) is 7.07. The van der Waals surface area contributed by atoms with Crippen LogP contribution in [0.3, 0.4) is 0 Å². The van der Waals surface area contributed by atoms with E-state index in [-0.39, 0.29) is 6.04 Å². The summed E-state index contributed by atoms with van der Waals surface area (Å²) in [6.45, 7) is 3.33. The first-order valence-corrected chi connectivity index (χ1v) is 10.2. The topological polar surface area (TPSA) is 123 Å². The maximum absolute atomic E-state index is 12.1. The Kier molecular flexibility index (Phi) is 9.11. The van der Waals surface area contributed by atoms with Gasteiger partial charge in [0.1, 0.15) is 12.3 Å². The van der Waals surface area contributed by atoms with Gasteiger partial charge in [-0.25, -0.2) is 4.79 Å². The van der Waals surface area contributed by atoms with E-state index in [0.29, 0.717) is 17.9 Å². The Balaban J connectivity index is 1.70. The Morgan fingerprint density at radius 3 is 2.37 bits per heavy atom. The van der Waals surface area contributed by atoms with Gasteiger partial charge < -0.3 is 20.1 Å². The highest BCUT2D eigenvalue weighted by molar-refractivity contribution is 5.98. The van der Waals surface area contributed by atoms with Crippen molar-refractivity contribution in [2.24, 2.45) is 0 Å². The number of carbonyl (C=O) groups is 4. The Hall–Kier alpha value is -3.10. The van der Waals surface area contributed by atoms with Gasteiger partial charge in [0, 0.05) is 11.6 Å². The Morgan fingerprint density at radius 1 is 1.07 bits per heavy atom. The molecular formula is C21H29N3O6. The molecule has 1 unspecified atom stereocenters. The summed E-state index contributed by atoms with van der Waals surface area (Å²) in [4.78, 5) is 47.9. The normalized spacial score (nSPS) is 14.9. The zero-order valence-electron chi connectivity index (χ0n) is 17.4. The van der Waals surface area contributed by atoms with Crippen molar-refractivity contribution in [3.05, 3.63) is 29.8 Å². The number of benzene rings is 1. The predicted molar refractivity (Wildman–Crippen MR) is 109 cm³/mol. The Labute approximate surface area is 175 Å². The molecule has 0 bridgehead atoms. The second-order valence-corrected chi connectivity index (χ2v) is 7.07. The monoisotopic (exact) mass is 419 g/mol. The Morgan fingerprint density at radius 2 is 1.73 bits per heavy atom. The predicted octanol–water partition coefficient (Wildman–Crippen LogP) is 1.91. The summed E-state index contributed by atoms with van der Waals surface area (Å²) in [5, 5.41) is 7.35. The molecule has 4 amide bonds. The van der Waals surface area contributed by atoms with Gasteiger partial charge in [-0.15, -0.1) is 0 Å². The fraction of sp³-hybridized carbons (Fsp3) is 0.524. The summed E-state index contributed by atoms with van der Waals surface area (Å²) in [5.74, 6) is -1.33. The van der Waals surface area contributed by atoms with Gasteiger partial charge in [-0.2, -0.15) is 0 Å².